The lowest BCUT2D eigenvalue weighted by Crippen LogP contribution is -2.16. The molecule has 0 saturated heterocycles. The van der Waals surface area contributed by atoms with E-state index in [0.29, 0.717) is 11.3 Å². The molecule has 0 aromatic heterocycles. The Morgan fingerprint density at radius 2 is 1.56 bits per heavy atom. The van der Waals surface area contributed by atoms with Crippen molar-refractivity contribution in [1.29, 1.82) is 0 Å². The van der Waals surface area contributed by atoms with Gasteiger partial charge in [-0.3, -0.25) is 4.79 Å². The lowest BCUT2D eigenvalue weighted by atomic mass is 10.1. The maximum absolute atomic E-state index is 12.5. The average Bonchev–Trinajstić information content (AvgIpc) is 2.66. The van der Waals surface area contributed by atoms with Crippen LogP contribution in [-0.4, -0.2) is 39.2 Å². The highest BCUT2D eigenvalue weighted by atomic mass is 16.5. The van der Waals surface area contributed by atoms with Gasteiger partial charge < -0.3 is 19.5 Å². The summed E-state index contributed by atoms with van der Waals surface area (Å²) < 4.78 is 14.4. The summed E-state index contributed by atoms with van der Waals surface area (Å²) in [7, 11) is 3.96. The quantitative estimate of drug-likeness (QED) is 0.839. The van der Waals surface area contributed by atoms with E-state index in [1.54, 1.807) is 24.3 Å². The van der Waals surface area contributed by atoms with Gasteiger partial charge in [-0.05, 0) is 36.4 Å². The smallest absolute Gasteiger partial charge is 0.339 e. The number of carbonyl (C=O) groups excluding carboxylic acids is 3. The van der Waals surface area contributed by atoms with E-state index in [9.17, 15) is 14.4 Å². The van der Waals surface area contributed by atoms with E-state index in [1.165, 1.54) is 39.5 Å². The van der Waals surface area contributed by atoms with E-state index in [0.717, 1.165) is 0 Å². The summed E-state index contributed by atoms with van der Waals surface area (Å²) in [6.07, 6.45) is 0. The standard InChI is InChI=1S/C18H17NO6/c1-23-13-6-4-5-11(9-13)16(20)19-15-10-12(17(21)24-2)7-8-14(15)18(22)25-3/h4-10H,1-3H3,(H,19,20). The highest BCUT2D eigenvalue weighted by molar-refractivity contribution is 6.09. The first-order valence-corrected chi connectivity index (χ1v) is 7.26. The SMILES string of the molecule is COC(=O)c1ccc(C(=O)OC)c(NC(=O)c2cccc(OC)c2)c1. The molecule has 0 unspecified atom stereocenters. The van der Waals surface area contributed by atoms with Crippen molar-refractivity contribution in [2.75, 3.05) is 26.6 Å². The molecule has 2 aromatic carbocycles. The number of nitrogens with one attached hydrogen (secondary N) is 1. The summed E-state index contributed by atoms with van der Waals surface area (Å²) >= 11 is 0. The molecular formula is C18H17NO6. The van der Waals surface area contributed by atoms with Gasteiger partial charge in [0.1, 0.15) is 5.75 Å². The zero-order valence-corrected chi connectivity index (χ0v) is 14.0. The Hall–Kier alpha value is -3.35. The van der Waals surface area contributed by atoms with Crippen LogP contribution >= 0.6 is 0 Å². The second-order valence-electron chi connectivity index (χ2n) is 4.93. The fourth-order valence-corrected chi connectivity index (χ4v) is 2.14. The topological polar surface area (TPSA) is 90.9 Å². The number of amides is 1. The van der Waals surface area contributed by atoms with Crippen molar-refractivity contribution in [2.24, 2.45) is 0 Å². The molecule has 25 heavy (non-hydrogen) atoms. The molecule has 2 rings (SSSR count). The Morgan fingerprint density at radius 3 is 2.20 bits per heavy atom. The van der Waals surface area contributed by atoms with Crippen LogP contribution in [0, 0.1) is 0 Å². The minimum atomic E-state index is -0.641. The van der Waals surface area contributed by atoms with Crippen LogP contribution in [0.4, 0.5) is 5.69 Å². The van der Waals surface area contributed by atoms with Crippen molar-refractivity contribution >= 4 is 23.5 Å². The number of anilines is 1. The lowest BCUT2D eigenvalue weighted by Gasteiger charge is -2.12. The van der Waals surface area contributed by atoms with Gasteiger partial charge in [-0.2, -0.15) is 0 Å². The van der Waals surface area contributed by atoms with Gasteiger partial charge in [0.15, 0.2) is 0 Å². The maximum Gasteiger partial charge on any atom is 0.339 e. The van der Waals surface area contributed by atoms with Gasteiger partial charge in [-0.15, -0.1) is 0 Å². The third-order valence-corrected chi connectivity index (χ3v) is 3.43. The zero-order valence-electron chi connectivity index (χ0n) is 14.0. The van der Waals surface area contributed by atoms with Gasteiger partial charge in [0.05, 0.1) is 38.1 Å². The van der Waals surface area contributed by atoms with Gasteiger partial charge in [0.2, 0.25) is 0 Å². The second-order valence-corrected chi connectivity index (χ2v) is 4.93. The Bertz CT molecular complexity index is 815. The molecule has 0 saturated carbocycles. The van der Waals surface area contributed by atoms with Crippen LogP contribution in [0.25, 0.3) is 0 Å². The van der Waals surface area contributed by atoms with Crippen molar-refractivity contribution < 1.29 is 28.6 Å². The van der Waals surface area contributed by atoms with Gasteiger partial charge in [0, 0.05) is 5.56 Å². The molecule has 130 valence electrons. The first kappa shape index (κ1) is 18.0. The first-order chi connectivity index (χ1) is 12.0. The summed E-state index contributed by atoms with van der Waals surface area (Å²) in [5.41, 5.74) is 0.781. The van der Waals surface area contributed by atoms with Gasteiger partial charge in [-0.25, -0.2) is 9.59 Å². The van der Waals surface area contributed by atoms with E-state index < -0.39 is 17.8 Å². The molecule has 1 N–H and O–H groups in total. The molecule has 0 aliphatic carbocycles. The summed E-state index contributed by atoms with van der Waals surface area (Å²) in [6, 6.07) is 10.7. The van der Waals surface area contributed by atoms with Crippen LogP contribution in [0.1, 0.15) is 31.1 Å². The number of methoxy groups -OCH3 is 3. The van der Waals surface area contributed by atoms with Crippen LogP contribution in [0.15, 0.2) is 42.5 Å². The number of rotatable bonds is 5. The highest BCUT2D eigenvalue weighted by Crippen LogP contribution is 2.21. The molecule has 0 bridgehead atoms. The minimum Gasteiger partial charge on any atom is -0.497 e. The molecule has 0 radical (unpaired) electrons. The molecule has 7 nitrogen and oxygen atoms in total. The Kier molecular flexibility index (Phi) is 5.73. The monoisotopic (exact) mass is 343 g/mol. The third-order valence-electron chi connectivity index (χ3n) is 3.43. The molecule has 0 fully saturated rings. The Morgan fingerprint density at radius 1 is 0.840 bits per heavy atom. The van der Waals surface area contributed by atoms with Crippen molar-refractivity contribution in [3.63, 3.8) is 0 Å². The average molecular weight is 343 g/mol. The van der Waals surface area contributed by atoms with Crippen LogP contribution in [-0.2, 0) is 9.47 Å². The molecule has 2 aromatic rings. The molecule has 7 heteroatoms. The Balaban J connectivity index is 2.39. The van der Waals surface area contributed by atoms with E-state index in [2.05, 4.69) is 10.1 Å². The predicted molar refractivity (Wildman–Crippen MR) is 90.1 cm³/mol. The van der Waals surface area contributed by atoms with Crippen molar-refractivity contribution in [1.82, 2.24) is 0 Å². The molecule has 0 atom stereocenters. The normalized spacial score (nSPS) is 9.88. The van der Waals surface area contributed by atoms with E-state index in [-0.39, 0.29) is 16.8 Å². The summed E-state index contributed by atoms with van der Waals surface area (Å²) in [5.74, 6) is -1.18. The largest absolute Gasteiger partial charge is 0.497 e. The summed E-state index contributed by atoms with van der Waals surface area (Å²) in [4.78, 5) is 36.0. The fraction of sp³-hybridized carbons (Fsp3) is 0.167. The number of benzene rings is 2. The number of hydrogen-bond donors (Lipinski definition) is 1. The van der Waals surface area contributed by atoms with Crippen LogP contribution in [0.2, 0.25) is 0 Å². The number of ether oxygens (including phenoxy) is 3. The van der Waals surface area contributed by atoms with Crippen LogP contribution < -0.4 is 10.1 Å². The molecule has 0 aliphatic rings. The van der Waals surface area contributed by atoms with Crippen LogP contribution in [0.5, 0.6) is 5.75 Å². The predicted octanol–water partition coefficient (Wildman–Crippen LogP) is 2.52. The third kappa shape index (κ3) is 4.14. The second kappa shape index (κ2) is 7.96. The summed E-state index contributed by atoms with van der Waals surface area (Å²) in [6.45, 7) is 0. The minimum absolute atomic E-state index is 0.117. The molecule has 1 amide bonds. The molecule has 0 spiro atoms. The zero-order chi connectivity index (χ0) is 18.4. The highest BCUT2D eigenvalue weighted by Gasteiger charge is 2.18. The van der Waals surface area contributed by atoms with Gasteiger partial charge in [-0.1, -0.05) is 6.07 Å². The van der Waals surface area contributed by atoms with E-state index >= 15 is 0 Å². The Labute approximate surface area is 144 Å². The maximum atomic E-state index is 12.5. The summed E-state index contributed by atoms with van der Waals surface area (Å²) in [5, 5.41) is 2.61. The number of hydrogen-bond acceptors (Lipinski definition) is 6. The molecule has 0 heterocycles. The number of carbonyl (C=O) groups is 3. The molecular weight excluding hydrogens is 326 g/mol. The van der Waals surface area contributed by atoms with Crippen molar-refractivity contribution in [2.45, 2.75) is 0 Å². The van der Waals surface area contributed by atoms with E-state index in [1.807, 2.05) is 0 Å². The molecule has 0 aliphatic heterocycles. The van der Waals surface area contributed by atoms with Gasteiger partial charge >= 0.3 is 11.9 Å². The number of esters is 2. The first-order valence-electron chi connectivity index (χ1n) is 7.26. The fourth-order valence-electron chi connectivity index (χ4n) is 2.14. The van der Waals surface area contributed by atoms with Gasteiger partial charge in [0.25, 0.3) is 5.91 Å². The van der Waals surface area contributed by atoms with Crippen LogP contribution in [0.3, 0.4) is 0 Å². The van der Waals surface area contributed by atoms with Crippen molar-refractivity contribution in [3.05, 3.63) is 59.2 Å². The lowest BCUT2D eigenvalue weighted by molar-refractivity contribution is 0.0587. The van der Waals surface area contributed by atoms with E-state index in [4.69, 9.17) is 9.47 Å². The van der Waals surface area contributed by atoms with Crippen molar-refractivity contribution in [3.8, 4) is 5.75 Å².